The molecule has 0 fully saturated rings. The Kier molecular flexibility index (Phi) is 2.76. The van der Waals surface area contributed by atoms with Crippen LogP contribution in [0.1, 0.15) is 13.8 Å². The molecule has 0 spiro atoms. The summed E-state index contributed by atoms with van der Waals surface area (Å²) in [6.07, 6.45) is 0.845. The van der Waals surface area contributed by atoms with Gasteiger partial charge in [0.25, 0.3) is 0 Å². The second kappa shape index (κ2) is 3.38. The fourth-order valence-electron chi connectivity index (χ4n) is 1.36. The van der Waals surface area contributed by atoms with Gasteiger partial charge in [0.05, 0.1) is 0 Å². The van der Waals surface area contributed by atoms with Crippen molar-refractivity contribution in [3.05, 3.63) is 30.3 Å². The number of hydrogen-bond acceptors (Lipinski definition) is 2. The molecule has 0 atom stereocenters. The number of hydrogen-bond donors (Lipinski definition) is 2. The third-order valence-electron chi connectivity index (χ3n) is 2.68. The molecule has 0 aliphatic rings. The van der Waals surface area contributed by atoms with Gasteiger partial charge in [-0.2, -0.15) is 0 Å². The molecular weight excluding hydrogens is 183 g/mol. The predicted octanol–water partition coefficient (Wildman–Crippen LogP) is 1.72. The van der Waals surface area contributed by atoms with Crippen LogP contribution in [0.25, 0.3) is 0 Å². The van der Waals surface area contributed by atoms with Gasteiger partial charge in [0.2, 0.25) is 0 Å². The van der Waals surface area contributed by atoms with Crippen LogP contribution >= 0.6 is 7.06 Å². The Hall–Kier alpha value is -0.430. The minimum atomic E-state index is -3.54. The Balaban J connectivity index is 3.19. The maximum atomic E-state index is 10.3. The van der Waals surface area contributed by atoms with Crippen molar-refractivity contribution in [3.8, 4) is 0 Å². The van der Waals surface area contributed by atoms with E-state index in [0.717, 1.165) is 0 Å². The van der Waals surface area contributed by atoms with Crippen LogP contribution in [0.2, 0.25) is 0 Å². The van der Waals surface area contributed by atoms with Crippen LogP contribution in [0.3, 0.4) is 0 Å². The van der Waals surface area contributed by atoms with Gasteiger partial charge in [-0.3, -0.25) is 0 Å². The van der Waals surface area contributed by atoms with Gasteiger partial charge in [-0.05, 0) is 0 Å². The molecule has 0 aliphatic carbocycles. The molecule has 13 heavy (non-hydrogen) atoms. The Bertz CT molecular complexity index is 274. The minimum absolute atomic E-state index is 0.423. The van der Waals surface area contributed by atoms with Crippen molar-refractivity contribution in [1.82, 2.24) is 0 Å². The average Bonchev–Trinajstić information content (AvgIpc) is 2.20. The fourth-order valence-corrected chi connectivity index (χ4v) is 3.40. The van der Waals surface area contributed by atoms with Gasteiger partial charge in [0.1, 0.15) is 0 Å². The van der Waals surface area contributed by atoms with Crippen LogP contribution in [0, 0.1) is 0 Å². The summed E-state index contributed by atoms with van der Waals surface area (Å²) in [5, 5.41) is 0.693. The zero-order valence-electron chi connectivity index (χ0n) is 8.14. The number of benzene rings is 1. The van der Waals surface area contributed by atoms with Crippen molar-refractivity contribution in [2.75, 3.05) is 12.3 Å². The molecule has 0 aromatic heterocycles. The van der Waals surface area contributed by atoms with E-state index in [2.05, 4.69) is 0 Å². The molecule has 74 valence electrons. The summed E-state index contributed by atoms with van der Waals surface area (Å²) < 4.78 is 0. The van der Waals surface area contributed by atoms with Gasteiger partial charge in [-0.25, -0.2) is 0 Å². The summed E-state index contributed by atoms with van der Waals surface area (Å²) in [6, 6.07) is 9.16. The first-order valence-corrected chi connectivity index (χ1v) is 7.09. The van der Waals surface area contributed by atoms with E-state index in [4.69, 9.17) is 0 Å². The molecule has 2 nitrogen and oxygen atoms in total. The topological polar surface area (TPSA) is 40.5 Å². The van der Waals surface area contributed by atoms with Crippen molar-refractivity contribution in [3.63, 3.8) is 0 Å². The first-order chi connectivity index (χ1) is 6.02. The van der Waals surface area contributed by atoms with E-state index < -0.39 is 7.06 Å². The Morgan fingerprint density at radius 1 is 1.00 bits per heavy atom. The standard InChI is InChI=1S/C10H17O2P/c1-3-13(11,12,4-2)10-8-6-5-7-9-10/h5-9,11-12H,3-4H2,1-2H3. The van der Waals surface area contributed by atoms with Crippen molar-refractivity contribution < 1.29 is 9.79 Å². The molecular formula is C10H17O2P. The second-order valence-electron chi connectivity index (χ2n) is 3.36. The number of rotatable bonds is 3. The van der Waals surface area contributed by atoms with E-state index in [9.17, 15) is 9.79 Å². The molecule has 1 aromatic rings. The molecule has 0 unspecified atom stereocenters. The quantitative estimate of drug-likeness (QED) is 0.729. The molecule has 1 rings (SSSR count). The van der Waals surface area contributed by atoms with Crippen molar-refractivity contribution in [2.24, 2.45) is 0 Å². The van der Waals surface area contributed by atoms with Crippen molar-refractivity contribution in [2.45, 2.75) is 13.8 Å². The van der Waals surface area contributed by atoms with E-state index in [0.29, 0.717) is 17.6 Å². The van der Waals surface area contributed by atoms with E-state index in [1.54, 1.807) is 12.1 Å². The molecule has 3 heteroatoms. The van der Waals surface area contributed by atoms with E-state index in [1.165, 1.54) is 0 Å². The Labute approximate surface area is 79.3 Å². The monoisotopic (exact) mass is 200 g/mol. The van der Waals surface area contributed by atoms with Crippen LogP contribution in [0.5, 0.6) is 0 Å². The summed E-state index contributed by atoms with van der Waals surface area (Å²) in [5.74, 6) is 0. The summed E-state index contributed by atoms with van der Waals surface area (Å²) >= 11 is 0. The maximum absolute atomic E-state index is 10.3. The van der Waals surface area contributed by atoms with E-state index in [-0.39, 0.29) is 0 Å². The zero-order valence-corrected chi connectivity index (χ0v) is 9.04. The first-order valence-electron chi connectivity index (χ1n) is 4.58. The van der Waals surface area contributed by atoms with E-state index >= 15 is 0 Å². The SMILES string of the molecule is CCP(O)(O)(CC)c1ccccc1. The molecule has 2 N–H and O–H groups in total. The third-order valence-corrected chi connectivity index (χ3v) is 6.83. The second-order valence-corrected chi connectivity index (χ2v) is 7.93. The van der Waals surface area contributed by atoms with Crippen molar-refractivity contribution >= 4 is 12.4 Å². The van der Waals surface area contributed by atoms with Crippen LogP contribution in [-0.2, 0) is 0 Å². The van der Waals surface area contributed by atoms with Crippen LogP contribution in [0.15, 0.2) is 30.3 Å². The van der Waals surface area contributed by atoms with Gasteiger partial charge in [-0.1, -0.05) is 0 Å². The summed E-state index contributed by atoms with van der Waals surface area (Å²) in [4.78, 5) is 20.5. The summed E-state index contributed by atoms with van der Waals surface area (Å²) in [5.41, 5.74) is 0. The Morgan fingerprint density at radius 2 is 1.46 bits per heavy atom. The van der Waals surface area contributed by atoms with Gasteiger partial charge in [0.15, 0.2) is 0 Å². The van der Waals surface area contributed by atoms with Crippen LogP contribution < -0.4 is 5.30 Å². The molecule has 1 aromatic carbocycles. The Morgan fingerprint density at radius 3 is 1.85 bits per heavy atom. The molecule has 0 aliphatic heterocycles. The molecule has 0 saturated carbocycles. The predicted molar refractivity (Wildman–Crippen MR) is 58.5 cm³/mol. The van der Waals surface area contributed by atoms with Crippen molar-refractivity contribution in [1.29, 1.82) is 0 Å². The fraction of sp³-hybridized carbons (Fsp3) is 0.400. The molecule has 0 radical (unpaired) electrons. The molecule has 0 heterocycles. The van der Waals surface area contributed by atoms with Gasteiger partial charge < -0.3 is 0 Å². The zero-order chi connectivity index (χ0) is 9.97. The molecule has 0 amide bonds. The molecule has 0 saturated heterocycles. The van der Waals surface area contributed by atoms with Gasteiger partial charge in [0, 0.05) is 0 Å². The van der Waals surface area contributed by atoms with Gasteiger partial charge >= 0.3 is 78.7 Å². The summed E-state index contributed by atoms with van der Waals surface area (Å²) in [7, 11) is -3.54. The summed E-state index contributed by atoms with van der Waals surface area (Å²) in [6.45, 7) is 3.66. The average molecular weight is 200 g/mol. The molecule has 0 bridgehead atoms. The van der Waals surface area contributed by atoms with Crippen LogP contribution in [0.4, 0.5) is 0 Å². The van der Waals surface area contributed by atoms with E-state index in [1.807, 2.05) is 32.0 Å². The third kappa shape index (κ3) is 1.91. The van der Waals surface area contributed by atoms with Crippen LogP contribution in [-0.4, -0.2) is 22.1 Å². The normalized spacial score (nSPS) is 14.9. The van der Waals surface area contributed by atoms with Gasteiger partial charge in [-0.15, -0.1) is 0 Å². The first kappa shape index (κ1) is 10.6.